The van der Waals surface area contributed by atoms with E-state index in [1.807, 2.05) is 12.1 Å². The summed E-state index contributed by atoms with van der Waals surface area (Å²) in [4.78, 5) is 0. The molecule has 0 saturated heterocycles. The summed E-state index contributed by atoms with van der Waals surface area (Å²) in [5, 5.41) is 2.41. The number of hydrogen-bond acceptors (Lipinski definition) is 1. The van der Waals surface area contributed by atoms with Gasteiger partial charge in [-0.3, -0.25) is 0 Å². The summed E-state index contributed by atoms with van der Waals surface area (Å²) in [6, 6.07) is 14.8. The van der Waals surface area contributed by atoms with Crippen LogP contribution in [0.15, 0.2) is 46.9 Å². The minimum atomic E-state index is 0.305. The highest BCUT2D eigenvalue weighted by Crippen LogP contribution is 2.30. The molecule has 92 valence electrons. The van der Waals surface area contributed by atoms with Gasteiger partial charge in [0.2, 0.25) is 0 Å². The van der Waals surface area contributed by atoms with Crippen molar-refractivity contribution in [1.82, 2.24) is 0 Å². The third-order valence-corrected chi connectivity index (χ3v) is 3.18. The molecule has 0 fully saturated rings. The summed E-state index contributed by atoms with van der Waals surface area (Å²) in [6.07, 6.45) is 1.07. The van der Waals surface area contributed by atoms with Gasteiger partial charge in [-0.05, 0) is 29.5 Å². The Balaban J connectivity index is 2.15. The summed E-state index contributed by atoms with van der Waals surface area (Å²) < 4.78 is 5.91. The summed E-state index contributed by atoms with van der Waals surface area (Å²) in [5.74, 6) is 0. The normalized spacial score (nSPS) is 12.4. The molecule has 3 rings (SSSR count). The van der Waals surface area contributed by atoms with Gasteiger partial charge in [0.05, 0.1) is 0 Å². The number of hydrogen-bond donors (Lipinski definition) is 0. The molecule has 3 aromatic rings. The van der Waals surface area contributed by atoms with Gasteiger partial charge in [-0.15, -0.1) is 0 Å². The van der Waals surface area contributed by atoms with E-state index in [0.717, 1.165) is 17.6 Å². The van der Waals surface area contributed by atoms with Crippen LogP contribution in [0, 0.1) is 5.41 Å². The molecule has 0 aliphatic rings. The van der Waals surface area contributed by atoms with E-state index in [0.29, 0.717) is 5.41 Å². The first-order valence-electron chi connectivity index (χ1n) is 6.43. The minimum absolute atomic E-state index is 0.305. The van der Waals surface area contributed by atoms with Crippen LogP contribution in [0.1, 0.15) is 26.3 Å². The van der Waals surface area contributed by atoms with Crippen molar-refractivity contribution in [3.63, 3.8) is 0 Å². The Bertz CT molecular complexity index is 698. The van der Waals surface area contributed by atoms with Crippen LogP contribution in [-0.4, -0.2) is 0 Å². The van der Waals surface area contributed by atoms with Crippen molar-refractivity contribution in [2.75, 3.05) is 0 Å². The van der Waals surface area contributed by atoms with Crippen molar-refractivity contribution in [3.05, 3.63) is 48.0 Å². The van der Waals surface area contributed by atoms with E-state index in [1.165, 1.54) is 16.3 Å². The number of benzene rings is 2. The maximum absolute atomic E-state index is 5.91. The Kier molecular flexibility index (Phi) is 2.44. The van der Waals surface area contributed by atoms with Gasteiger partial charge in [0.15, 0.2) is 0 Å². The molecule has 0 aliphatic carbocycles. The van der Waals surface area contributed by atoms with Crippen LogP contribution in [0.4, 0.5) is 0 Å². The van der Waals surface area contributed by atoms with Crippen LogP contribution in [0.5, 0.6) is 0 Å². The molecule has 1 heteroatoms. The summed E-state index contributed by atoms with van der Waals surface area (Å²) in [5.41, 5.74) is 3.62. The number of rotatable bonds is 1. The van der Waals surface area contributed by atoms with Crippen molar-refractivity contribution in [2.45, 2.75) is 27.2 Å². The van der Waals surface area contributed by atoms with Crippen LogP contribution in [0.2, 0.25) is 0 Å². The molecule has 0 radical (unpaired) electrons. The first-order chi connectivity index (χ1) is 8.53. The lowest BCUT2D eigenvalue weighted by Crippen LogP contribution is -2.08. The molecular formula is C17H18O. The Hall–Kier alpha value is -1.76. The fourth-order valence-corrected chi connectivity index (χ4v) is 2.49. The van der Waals surface area contributed by atoms with E-state index in [-0.39, 0.29) is 0 Å². The highest BCUT2D eigenvalue weighted by Gasteiger charge is 2.13. The van der Waals surface area contributed by atoms with Gasteiger partial charge in [0.25, 0.3) is 0 Å². The molecule has 0 atom stereocenters. The number of furan rings is 1. The molecule has 2 aromatic carbocycles. The fraction of sp³-hybridized carbons (Fsp3) is 0.294. The van der Waals surface area contributed by atoms with Crippen molar-refractivity contribution in [1.29, 1.82) is 0 Å². The van der Waals surface area contributed by atoms with Crippen LogP contribution >= 0.6 is 0 Å². The molecular weight excluding hydrogens is 220 g/mol. The van der Waals surface area contributed by atoms with Gasteiger partial charge in [-0.25, -0.2) is 0 Å². The zero-order chi connectivity index (χ0) is 12.8. The first-order valence-corrected chi connectivity index (χ1v) is 6.43. The summed E-state index contributed by atoms with van der Waals surface area (Å²) in [7, 11) is 0. The molecule has 0 saturated carbocycles. The van der Waals surface area contributed by atoms with E-state index in [2.05, 4.69) is 51.1 Å². The largest absolute Gasteiger partial charge is 0.456 e. The lowest BCUT2D eigenvalue weighted by atomic mass is 9.88. The van der Waals surface area contributed by atoms with Crippen LogP contribution in [-0.2, 0) is 6.42 Å². The summed E-state index contributed by atoms with van der Waals surface area (Å²) in [6.45, 7) is 6.78. The van der Waals surface area contributed by atoms with Gasteiger partial charge in [-0.1, -0.05) is 51.1 Å². The topological polar surface area (TPSA) is 13.1 Å². The van der Waals surface area contributed by atoms with E-state index >= 15 is 0 Å². The molecule has 1 heterocycles. The predicted molar refractivity (Wildman–Crippen MR) is 76.9 cm³/mol. The fourth-order valence-electron chi connectivity index (χ4n) is 2.49. The van der Waals surface area contributed by atoms with E-state index in [1.54, 1.807) is 0 Å². The minimum Gasteiger partial charge on any atom is -0.456 e. The standard InChI is InChI=1S/C17H18O/c1-17(2,3)11-12-8-9-14-13-6-4-5-7-15(13)18-16(14)10-12/h4-10H,11H2,1-3H3. The summed E-state index contributed by atoms with van der Waals surface area (Å²) >= 11 is 0. The monoisotopic (exact) mass is 238 g/mol. The van der Waals surface area contributed by atoms with Gasteiger partial charge in [0.1, 0.15) is 11.2 Å². The van der Waals surface area contributed by atoms with Crippen LogP contribution in [0.3, 0.4) is 0 Å². The van der Waals surface area contributed by atoms with Crippen molar-refractivity contribution >= 4 is 21.9 Å². The zero-order valence-corrected chi connectivity index (χ0v) is 11.2. The van der Waals surface area contributed by atoms with Gasteiger partial charge in [0, 0.05) is 10.8 Å². The third kappa shape index (κ3) is 2.01. The molecule has 0 spiro atoms. The van der Waals surface area contributed by atoms with E-state index in [4.69, 9.17) is 4.42 Å². The predicted octanol–water partition coefficient (Wildman–Crippen LogP) is 5.17. The maximum Gasteiger partial charge on any atom is 0.135 e. The van der Waals surface area contributed by atoms with E-state index in [9.17, 15) is 0 Å². The highest BCUT2D eigenvalue weighted by atomic mass is 16.3. The average Bonchev–Trinajstić information content (AvgIpc) is 2.64. The van der Waals surface area contributed by atoms with Gasteiger partial charge in [-0.2, -0.15) is 0 Å². The average molecular weight is 238 g/mol. The van der Waals surface area contributed by atoms with Crippen molar-refractivity contribution in [2.24, 2.45) is 5.41 Å². The Morgan fingerprint density at radius 3 is 2.39 bits per heavy atom. The molecule has 18 heavy (non-hydrogen) atoms. The molecule has 0 unspecified atom stereocenters. The number of fused-ring (bicyclic) bond motifs is 3. The first kappa shape index (κ1) is 11.3. The van der Waals surface area contributed by atoms with E-state index < -0.39 is 0 Å². The van der Waals surface area contributed by atoms with Gasteiger partial charge >= 0.3 is 0 Å². The lowest BCUT2D eigenvalue weighted by Gasteiger charge is -2.17. The molecule has 1 aromatic heterocycles. The van der Waals surface area contributed by atoms with Crippen LogP contribution < -0.4 is 0 Å². The molecule has 1 nitrogen and oxygen atoms in total. The second kappa shape index (κ2) is 3.88. The van der Waals surface area contributed by atoms with Gasteiger partial charge < -0.3 is 4.42 Å². The molecule has 0 bridgehead atoms. The smallest absolute Gasteiger partial charge is 0.135 e. The zero-order valence-electron chi connectivity index (χ0n) is 11.2. The maximum atomic E-state index is 5.91. The second-order valence-corrected chi connectivity index (χ2v) is 6.17. The SMILES string of the molecule is CC(C)(C)Cc1ccc2c(c1)oc1ccccc12. The molecule has 0 aliphatic heterocycles. The van der Waals surface area contributed by atoms with Crippen LogP contribution in [0.25, 0.3) is 21.9 Å². The Morgan fingerprint density at radius 2 is 1.61 bits per heavy atom. The second-order valence-electron chi connectivity index (χ2n) is 6.17. The molecule has 0 N–H and O–H groups in total. The quantitative estimate of drug-likeness (QED) is 0.569. The highest BCUT2D eigenvalue weighted by molar-refractivity contribution is 6.04. The Labute approximate surface area is 107 Å². The third-order valence-electron chi connectivity index (χ3n) is 3.18. The molecule has 0 amide bonds. The van der Waals surface area contributed by atoms with Crippen molar-refractivity contribution in [3.8, 4) is 0 Å². The van der Waals surface area contributed by atoms with Crippen molar-refractivity contribution < 1.29 is 4.42 Å². The Morgan fingerprint density at radius 1 is 0.889 bits per heavy atom. The lowest BCUT2D eigenvalue weighted by molar-refractivity contribution is 0.411. The number of para-hydroxylation sites is 1.